The van der Waals surface area contributed by atoms with Gasteiger partial charge in [0.05, 0.1) is 13.2 Å². The Balaban J connectivity index is 1.60. The van der Waals surface area contributed by atoms with Crippen LogP contribution in [0.15, 0.2) is 46.8 Å². The molecule has 1 N–H and O–H groups in total. The van der Waals surface area contributed by atoms with Gasteiger partial charge in [-0.1, -0.05) is 18.2 Å². The van der Waals surface area contributed by atoms with Crippen molar-refractivity contribution < 1.29 is 4.74 Å². The van der Waals surface area contributed by atoms with Crippen molar-refractivity contribution in [3.05, 3.63) is 52.2 Å². The Morgan fingerprint density at radius 1 is 1.26 bits per heavy atom. The third-order valence-corrected chi connectivity index (χ3v) is 6.03. The number of rotatable bonds is 7. The number of hydrogen-bond acceptors (Lipinski definition) is 4. The molecule has 1 unspecified atom stereocenters. The van der Waals surface area contributed by atoms with Crippen molar-refractivity contribution >= 4 is 17.3 Å². The number of methoxy groups -OCH3 is 1. The first-order chi connectivity index (χ1) is 13.2. The lowest BCUT2D eigenvalue weighted by Gasteiger charge is -2.29. The Morgan fingerprint density at radius 3 is 2.59 bits per heavy atom. The van der Waals surface area contributed by atoms with Crippen molar-refractivity contribution in [1.29, 1.82) is 0 Å². The third kappa shape index (κ3) is 5.23. The molecule has 1 aromatic heterocycles. The third-order valence-electron chi connectivity index (χ3n) is 5.06. The average molecular weight is 387 g/mol. The van der Waals surface area contributed by atoms with Gasteiger partial charge in [-0.3, -0.25) is 9.89 Å². The second-order valence-electron chi connectivity index (χ2n) is 6.91. The van der Waals surface area contributed by atoms with E-state index < -0.39 is 0 Å². The number of nitrogens with zero attached hydrogens (tertiary/aromatic N) is 3. The standard InChI is InChI=1S/C21H30N4OS/c1-22-21(24(2)16-17-8-10-18(26-3)11-9-17)23-15-19(20-7-6-14-27-20)25-12-4-5-13-25/h6-11,14,19H,4-5,12-13,15-16H2,1-3H3,(H,22,23). The zero-order valence-electron chi connectivity index (χ0n) is 16.5. The summed E-state index contributed by atoms with van der Waals surface area (Å²) in [7, 11) is 5.62. The van der Waals surface area contributed by atoms with E-state index in [2.05, 4.69) is 56.8 Å². The van der Waals surface area contributed by atoms with Crippen LogP contribution in [-0.2, 0) is 6.54 Å². The first-order valence-corrected chi connectivity index (χ1v) is 10.4. The van der Waals surface area contributed by atoms with Gasteiger partial charge < -0.3 is 15.0 Å². The highest BCUT2D eigenvalue weighted by atomic mass is 32.1. The topological polar surface area (TPSA) is 40.1 Å². The van der Waals surface area contributed by atoms with E-state index in [-0.39, 0.29) is 0 Å². The largest absolute Gasteiger partial charge is 0.497 e. The van der Waals surface area contributed by atoms with Crippen molar-refractivity contribution in [2.75, 3.05) is 40.8 Å². The quantitative estimate of drug-likeness (QED) is 0.583. The molecule has 146 valence electrons. The van der Waals surface area contributed by atoms with E-state index in [4.69, 9.17) is 4.74 Å². The molecular weight excluding hydrogens is 356 g/mol. The van der Waals surface area contributed by atoms with Gasteiger partial charge in [-0.05, 0) is 55.1 Å². The smallest absolute Gasteiger partial charge is 0.193 e. The minimum atomic E-state index is 0.415. The van der Waals surface area contributed by atoms with Crippen LogP contribution >= 0.6 is 11.3 Å². The zero-order valence-corrected chi connectivity index (χ0v) is 17.3. The summed E-state index contributed by atoms with van der Waals surface area (Å²) in [5, 5.41) is 5.76. The molecule has 1 fully saturated rings. The van der Waals surface area contributed by atoms with Crippen molar-refractivity contribution in [3.63, 3.8) is 0 Å². The van der Waals surface area contributed by atoms with Crippen LogP contribution in [0.1, 0.15) is 29.3 Å². The highest BCUT2D eigenvalue weighted by Gasteiger charge is 2.24. The average Bonchev–Trinajstić information content (AvgIpc) is 3.40. The monoisotopic (exact) mass is 386 g/mol. The van der Waals surface area contributed by atoms with Crippen molar-refractivity contribution in [2.45, 2.75) is 25.4 Å². The minimum absolute atomic E-state index is 0.415. The molecule has 2 heterocycles. The molecule has 1 saturated heterocycles. The maximum atomic E-state index is 5.24. The second kappa shape index (κ2) is 9.76. The number of thiophene rings is 1. The molecular formula is C21H30N4OS. The molecule has 1 aliphatic heterocycles. The molecule has 1 aromatic carbocycles. The Bertz CT molecular complexity index is 708. The number of ether oxygens (including phenoxy) is 1. The number of likely N-dealkylation sites (tertiary alicyclic amines) is 1. The Labute approximate surface area is 166 Å². The first kappa shape index (κ1) is 19.7. The minimum Gasteiger partial charge on any atom is -0.497 e. The summed E-state index contributed by atoms with van der Waals surface area (Å²) >= 11 is 1.84. The van der Waals surface area contributed by atoms with Crippen molar-refractivity contribution in [2.24, 2.45) is 4.99 Å². The number of hydrogen-bond donors (Lipinski definition) is 1. The van der Waals surface area contributed by atoms with Gasteiger partial charge in [0.25, 0.3) is 0 Å². The van der Waals surface area contributed by atoms with Gasteiger partial charge in [-0.25, -0.2) is 0 Å². The fourth-order valence-electron chi connectivity index (χ4n) is 3.60. The van der Waals surface area contributed by atoms with Crippen LogP contribution in [0.4, 0.5) is 0 Å². The number of guanidine groups is 1. The molecule has 0 amide bonds. The molecule has 0 radical (unpaired) electrons. The normalized spacial score (nSPS) is 16.3. The van der Waals surface area contributed by atoms with Crippen molar-refractivity contribution in [3.8, 4) is 5.75 Å². The van der Waals surface area contributed by atoms with E-state index in [9.17, 15) is 0 Å². The van der Waals surface area contributed by atoms with Gasteiger partial charge in [0, 0.05) is 32.1 Å². The van der Waals surface area contributed by atoms with E-state index in [0.717, 1.165) is 24.8 Å². The Kier molecular flexibility index (Phi) is 7.12. The molecule has 1 atom stereocenters. The molecule has 3 rings (SSSR count). The lowest BCUT2D eigenvalue weighted by atomic mass is 10.2. The molecule has 0 bridgehead atoms. The summed E-state index contributed by atoms with van der Waals surface area (Å²) in [5.41, 5.74) is 1.23. The number of nitrogens with one attached hydrogen (secondary N) is 1. The molecule has 5 nitrogen and oxygen atoms in total. The van der Waals surface area contributed by atoms with E-state index >= 15 is 0 Å². The molecule has 0 saturated carbocycles. The second-order valence-corrected chi connectivity index (χ2v) is 7.89. The highest BCUT2D eigenvalue weighted by Crippen LogP contribution is 2.27. The lowest BCUT2D eigenvalue weighted by molar-refractivity contribution is 0.247. The molecule has 2 aromatic rings. The van der Waals surface area contributed by atoms with Gasteiger partial charge in [0.15, 0.2) is 5.96 Å². The lowest BCUT2D eigenvalue weighted by Crippen LogP contribution is -2.43. The maximum absolute atomic E-state index is 5.24. The Hall–Kier alpha value is -2.05. The van der Waals surface area contributed by atoms with Gasteiger partial charge in [-0.15, -0.1) is 11.3 Å². The molecule has 6 heteroatoms. The molecule has 1 aliphatic rings. The van der Waals surface area contributed by atoms with Crippen LogP contribution in [-0.4, -0.2) is 56.6 Å². The molecule has 27 heavy (non-hydrogen) atoms. The van der Waals surface area contributed by atoms with Gasteiger partial charge in [-0.2, -0.15) is 0 Å². The first-order valence-electron chi connectivity index (χ1n) is 9.53. The SMILES string of the molecule is CN=C(NCC(c1cccs1)N1CCCC1)N(C)Cc1ccc(OC)cc1. The Morgan fingerprint density at radius 2 is 2.00 bits per heavy atom. The van der Waals surface area contributed by atoms with Crippen LogP contribution in [0.2, 0.25) is 0 Å². The summed E-state index contributed by atoms with van der Waals surface area (Å²) < 4.78 is 5.24. The van der Waals surface area contributed by atoms with E-state index in [1.807, 2.05) is 30.5 Å². The van der Waals surface area contributed by atoms with Gasteiger partial charge in [0.2, 0.25) is 0 Å². The fraction of sp³-hybridized carbons (Fsp3) is 0.476. The van der Waals surface area contributed by atoms with Crippen LogP contribution < -0.4 is 10.1 Å². The highest BCUT2D eigenvalue weighted by molar-refractivity contribution is 7.10. The van der Waals surface area contributed by atoms with Crippen molar-refractivity contribution in [1.82, 2.24) is 15.1 Å². The predicted octanol–water partition coefficient (Wildman–Crippen LogP) is 3.60. The molecule has 0 spiro atoms. The zero-order chi connectivity index (χ0) is 19.1. The summed E-state index contributed by atoms with van der Waals surface area (Å²) in [6.07, 6.45) is 2.60. The van der Waals surface area contributed by atoms with Crippen LogP contribution in [0, 0.1) is 0 Å². The summed E-state index contributed by atoms with van der Waals surface area (Å²) in [6, 6.07) is 13.0. The summed E-state index contributed by atoms with van der Waals surface area (Å²) in [5.74, 6) is 1.81. The van der Waals surface area contributed by atoms with E-state index in [0.29, 0.717) is 6.04 Å². The van der Waals surface area contributed by atoms with E-state index in [1.54, 1.807) is 7.11 Å². The predicted molar refractivity (Wildman–Crippen MR) is 114 cm³/mol. The van der Waals surface area contributed by atoms with Crippen LogP contribution in [0.25, 0.3) is 0 Å². The fourth-order valence-corrected chi connectivity index (χ4v) is 4.46. The van der Waals surface area contributed by atoms with E-state index in [1.165, 1.54) is 36.4 Å². The number of aliphatic imine (C=N–C) groups is 1. The van der Waals surface area contributed by atoms with Gasteiger partial charge >= 0.3 is 0 Å². The van der Waals surface area contributed by atoms with Gasteiger partial charge in [0.1, 0.15) is 5.75 Å². The molecule has 0 aliphatic carbocycles. The maximum Gasteiger partial charge on any atom is 0.193 e. The van der Waals surface area contributed by atoms with Crippen LogP contribution in [0.5, 0.6) is 5.75 Å². The summed E-state index contributed by atoms with van der Waals surface area (Å²) in [4.78, 5) is 10.7. The van der Waals surface area contributed by atoms with Crippen LogP contribution in [0.3, 0.4) is 0 Å². The number of benzene rings is 1. The summed E-state index contributed by atoms with van der Waals surface area (Å²) in [6.45, 7) is 4.05.